The highest BCUT2D eigenvalue weighted by Crippen LogP contribution is 2.18. The topological polar surface area (TPSA) is 57.6 Å². The molecule has 0 radical (unpaired) electrons. The van der Waals surface area contributed by atoms with Crippen LogP contribution in [0.15, 0.2) is 18.2 Å². The number of nitrogens with zero attached hydrogens (tertiary/aromatic N) is 1. The second kappa shape index (κ2) is 4.76. The van der Waals surface area contributed by atoms with E-state index in [1.54, 1.807) is 6.92 Å². The minimum Gasteiger partial charge on any atom is -0.478 e. The van der Waals surface area contributed by atoms with Crippen LogP contribution in [0.25, 0.3) is 0 Å². The fraction of sp³-hybridized carbons (Fsp3) is 0.385. The number of benzene rings is 1. The molecule has 1 unspecified atom stereocenters. The van der Waals surface area contributed by atoms with Gasteiger partial charge in [-0.3, -0.25) is 4.79 Å². The van der Waals surface area contributed by atoms with Crippen LogP contribution in [0.1, 0.15) is 32.7 Å². The van der Waals surface area contributed by atoms with Crippen molar-refractivity contribution in [3.63, 3.8) is 0 Å². The molecule has 96 valence electrons. The number of likely N-dealkylation sites (tertiary alicyclic amines) is 1. The first-order chi connectivity index (χ1) is 8.49. The van der Waals surface area contributed by atoms with Crippen molar-refractivity contribution in [3.05, 3.63) is 34.9 Å². The van der Waals surface area contributed by atoms with Crippen molar-refractivity contribution in [1.29, 1.82) is 0 Å². The number of rotatable bonds is 2. The summed E-state index contributed by atoms with van der Waals surface area (Å²) in [5.41, 5.74) is 1.19. The molecule has 0 spiro atoms. The van der Waals surface area contributed by atoms with Crippen molar-refractivity contribution in [1.82, 2.24) is 4.90 Å². The van der Waals surface area contributed by atoms with Crippen LogP contribution in [0.4, 0.5) is 4.39 Å². The molecule has 1 aliphatic heterocycles. The van der Waals surface area contributed by atoms with Gasteiger partial charge in [0.2, 0.25) is 0 Å². The number of halogens is 1. The molecule has 0 aliphatic carbocycles. The maximum atomic E-state index is 13.0. The lowest BCUT2D eigenvalue weighted by Gasteiger charge is -2.16. The SMILES string of the molecule is Cc1cc(C(=O)O)ccc1C(=O)N1CCC(F)C1. The normalized spacial score (nSPS) is 19.0. The lowest BCUT2D eigenvalue weighted by atomic mass is 10.0. The van der Waals surface area contributed by atoms with Gasteiger partial charge in [0.1, 0.15) is 6.17 Å². The van der Waals surface area contributed by atoms with E-state index in [-0.39, 0.29) is 18.0 Å². The molecule has 1 N–H and O–H groups in total. The van der Waals surface area contributed by atoms with Crippen LogP contribution in [0.5, 0.6) is 0 Å². The molecule has 1 aliphatic rings. The standard InChI is InChI=1S/C13H14FNO3/c1-8-6-9(13(17)18)2-3-11(8)12(16)15-5-4-10(14)7-15/h2-3,6,10H,4-5,7H2,1H3,(H,17,18). The Kier molecular flexibility index (Phi) is 3.32. The summed E-state index contributed by atoms with van der Waals surface area (Å²) in [5.74, 6) is -1.26. The van der Waals surface area contributed by atoms with Gasteiger partial charge in [0, 0.05) is 12.1 Å². The van der Waals surface area contributed by atoms with Crippen molar-refractivity contribution in [2.45, 2.75) is 19.5 Å². The summed E-state index contributed by atoms with van der Waals surface area (Å²) in [7, 11) is 0. The van der Waals surface area contributed by atoms with Crippen molar-refractivity contribution >= 4 is 11.9 Å². The third kappa shape index (κ3) is 2.34. The highest BCUT2D eigenvalue weighted by Gasteiger charge is 2.27. The highest BCUT2D eigenvalue weighted by atomic mass is 19.1. The van der Waals surface area contributed by atoms with Gasteiger partial charge < -0.3 is 10.0 Å². The molecular weight excluding hydrogens is 237 g/mol. The number of carboxylic acid groups (broad SMARTS) is 1. The smallest absolute Gasteiger partial charge is 0.335 e. The quantitative estimate of drug-likeness (QED) is 0.873. The number of amides is 1. The molecule has 1 atom stereocenters. The second-order valence-corrected chi connectivity index (χ2v) is 4.47. The lowest BCUT2D eigenvalue weighted by molar-refractivity contribution is 0.0694. The molecule has 1 saturated heterocycles. The van der Waals surface area contributed by atoms with Crippen LogP contribution in [0.3, 0.4) is 0 Å². The Morgan fingerprint density at radius 2 is 2.17 bits per heavy atom. The molecule has 0 saturated carbocycles. The van der Waals surface area contributed by atoms with Gasteiger partial charge >= 0.3 is 5.97 Å². The predicted molar refractivity (Wildman–Crippen MR) is 63.6 cm³/mol. The van der Waals surface area contributed by atoms with Gasteiger partial charge in [-0.05, 0) is 37.1 Å². The average Bonchev–Trinajstić information content (AvgIpc) is 2.74. The monoisotopic (exact) mass is 251 g/mol. The van der Waals surface area contributed by atoms with Crippen LogP contribution in [0, 0.1) is 6.92 Å². The lowest BCUT2D eigenvalue weighted by Crippen LogP contribution is -2.29. The minimum atomic E-state index is -1.03. The number of carbonyl (C=O) groups excluding carboxylic acids is 1. The van der Waals surface area contributed by atoms with Crippen LogP contribution < -0.4 is 0 Å². The number of hydrogen-bond donors (Lipinski definition) is 1. The summed E-state index contributed by atoms with van der Waals surface area (Å²) < 4.78 is 13.0. The second-order valence-electron chi connectivity index (χ2n) is 4.47. The molecule has 18 heavy (non-hydrogen) atoms. The van der Waals surface area contributed by atoms with Crippen molar-refractivity contribution in [3.8, 4) is 0 Å². The Balaban J connectivity index is 2.23. The van der Waals surface area contributed by atoms with Gasteiger partial charge in [-0.2, -0.15) is 0 Å². The van der Waals surface area contributed by atoms with E-state index in [1.165, 1.54) is 23.1 Å². The van der Waals surface area contributed by atoms with Crippen LogP contribution in [-0.2, 0) is 0 Å². The summed E-state index contributed by atoms with van der Waals surface area (Å²) in [6.07, 6.45) is -0.578. The van der Waals surface area contributed by atoms with E-state index in [4.69, 9.17) is 5.11 Å². The van der Waals surface area contributed by atoms with E-state index >= 15 is 0 Å². The summed E-state index contributed by atoms with van der Waals surface area (Å²) >= 11 is 0. The predicted octanol–water partition coefficient (Wildman–Crippen LogP) is 1.88. The Hall–Kier alpha value is -1.91. The van der Waals surface area contributed by atoms with Crippen LogP contribution in [0.2, 0.25) is 0 Å². The summed E-state index contributed by atoms with van der Waals surface area (Å²) in [6, 6.07) is 4.34. The molecule has 1 aromatic rings. The fourth-order valence-corrected chi connectivity index (χ4v) is 2.11. The van der Waals surface area contributed by atoms with Crippen molar-refractivity contribution in [2.75, 3.05) is 13.1 Å². The number of carboxylic acids is 1. The summed E-state index contributed by atoms with van der Waals surface area (Å²) in [4.78, 5) is 24.4. The number of hydrogen-bond acceptors (Lipinski definition) is 2. The highest BCUT2D eigenvalue weighted by molar-refractivity contribution is 5.97. The first kappa shape index (κ1) is 12.5. The number of carbonyl (C=O) groups is 2. The van der Waals surface area contributed by atoms with E-state index in [0.29, 0.717) is 24.1 Å². The molecule has 0 bridgehead atoms. The molecule has 5 heteroatoms. The first-order valence-electron chi connectivity index (χ1n) is 5.76. The summed E-state index contributed by atoms with van der Waals surface area (Å²) in [5, 5.41) is 8.84. The molecule has 1 amide bonds. The molecule has 2 rings (SSSR count). The average molecular weight is 251 g/mol. The van der Waals surface area contributed by atoms with Crippen LogP contribution in [-0.4, -0.2) is 41.1 Å². The van der Waals surface area contributed by atoms with Gasteiger partial charge in [0.15, 0.2) is 0 Å². The van der Waals surface area contributed by atoms with Gasteiger partial charge in [-0.25, -0.2) is 9.18 Å². The van der Waals surface area contributed by atoms with Gasteiger partial charge in [0.05, 0.1) is 12.1 Å². The van der Waals surface area contributed by atoms with Crippen molar-refractivity contribution < 1.29 is 19.1 Å². The summed E-state index contributed by atoms with van der Waals surface area (Å²) in [6.45, 7) is 2.22. The number of aromatic carboxylic acids is 1. The molecule has 1 fully saturated rings. The minimum absolute atomic E-state index is 0.124. The number of alkyl halides is 1. The maximum absolute atomic E-state index is 13.0. The fourth-order valence-electron chi connectivity index (χ4n) is 2.11. The third-order valence-electron chi connectivity index (χ3n) is 3.12. The first-order valence-corrected chi connectivity index (χ1v) is 5.76. The Labute approximate surface area is 104 Å². The number of aryl methyl sites for hydroxylation is 1. The van der Waals surface area contributed by atoms with E-state index in [9.17, 15) is 14.0 Å². The molecule has 0 aromatic heterocycles. The zero-order valence-corrected chi connectivity index (χ0v) is 10.0. The largest absolute Gasteiger partial charge is 0.478 e. The van der Waals surface area contributed by atoms with E-state index < -0.39 is 12.1 Å². The van der Waals surface area contributed by atoms with Gasteiger partial charge in [-0.15, -0.1) is 0 Å². The Bertz CT molecular complexity index is 501. The van der Waals surface area contributed by atoms with E-state index in [0.717, 1.165) is 0 Å². The third-order valence-corrected chi connectivity index (χ3v) is 3.12. The van der Waals surface area contributed by atoms with E-state index in [1.807, 2.05) is 0 Å². The zero-order chi connectivity index (χ0) is 13.3. The van der Waals surface area contributed by atoms with Gasteiger partial charge in [-0.1, -0.05) is 0 Å². The van der Waals surface area contributed by atoms with E-state index in [2.05, 4.69) is 0 Å². The zero-order valence-electron chi connectivity index (χ0n) is 10.0. The molecular formula is C13H14FNO3. The van der Waals surface area contributed by atoms with Gasteiger partial charge in [0.25, 0.3) is 5.91 Å². The van der Waals surface area contributed by atoms with Crippen molar-refractivity contribution in [2.24, 2.45) is 0 Å². The van der Waals surface area contributed by atoms with Crippen LogP contribution >= 0.6 is 0 Å². The molecule has 4 nitrogen and oxygen atoms in total. The molecule has 1 heterocycles. The Morgan fingerprint density at radius 3 is 2.67 bits per heavy atom. The Morgan fingerprint density at radius 1 is 1.44 bits per heavy atom. The maximum Gasteiger partial charge on any atom is 0.335 e. The molecule has 1 aromatic carbocycles.